The maximum absolute atomic E-state index is 12.6. The second kappa shape index (κ2) is 9.27. The number of hydrogen-bond donors (Lipinski definition) is 1. The maximum Gasteiger partial charge on any atom is 0.243 e. The number of aryl methyl sites for hydroxylation is 1. The summed E-state index contributed by atoms with van der Waals surface area (Å²) in [6, 6.07) is 12.2. The van der Waals surface area contributed by atoms with Crippen molar-refractivity contribution in [2.75, 3.05) is 26.3 Å². The number of hydrogen-bond acceptors (Lipinski definition) is 5. The Morgan fingerprint density at radius 1 is 1.18 bits per heavy atom. The minimum absolute atomic E-state index is 0.0665. The highest BCUT2D eigenvalue weighted by Crippen LogP contribution is 2.18. The Hall–Kier alpha value is -2.29. The van der Waals surface area contributed by atoms with E-state index in [1.807, 2.05) is 25.1 Å². The lowest BCUT2D eigenvalue weighted by Crippen LogP contribution is -2.40. The number of carbonyl (C=O) groups excluding carboxylic acids is 1. The summed E-state index contributed by atoms with van der Waals surface area (Å²) in [7, 11) is -3.49. The number of nitrogens with zero attached hydrogens (tertiary/aromatic N) is 2. The van der Waals surface area contributed by atoms with Gasteiger partial charge in [0.15, 0.2) is 0 Å². The molecule has 0 saturated carbocycles. The van der Waals surface area contributed by atoms with E-state index in [0.717, 1.165) is 11.3 Å². The number of benzene rings is 1. The molecule has 1 N–H and O–H groups in total. The second-order valence-corrected chi connectivity index (χ2v) is 8.64. The molecule has 1 aromatic carbocycles. The van der Waals surface area contributed by atoms with Crippen LogP contribution in [0.4, 0.5) is 0 Å². The van der Waals surface area contributed by atoms with Gasteiger partial charge in [-0.05, 0) is 43.2 Å². The Kier molecular flexibility index (Phi) is 6.77. The van der Waals surface area contributed by atoms with Crippen molar-refractivity contribution in [3.63, 3.8) is 0 Å². The number of pyridine rings is 1. The van der Waals surface area contributed by atoms with E-state index in [0.29, 0.717) is 39.1 Å². The standard InChI is InChI=1S/C20H25N3O4S/c1-16(19-4-2-3-11-21-19)22-20(24)10-7-17-5-8-18(9-6-17)28(25,26)23-12-14-27-15-13-23/h2-6,8-9,11,16H,7,10,12-15H2,1H3,(H,22,24)/t16-/m1/s1. The monoisotopic (exact) mass is 403 g/mol. The molecule has 1 aromatic heterocycles. The normalized spacial score (nSPS) is 16.5. The van der Waals surface area contributed by atoms with E-state index in [9.17, 15) is 13.2 Å². The van der Waals surface area contributed by atoms with Crippen molar-refractivity contribution < 1.29 is 17.9 Å². The molecule has 1 aliphatic rings. The molecule has 8 heteroatoms. The van der Waals surface area contributed by atoms with Gasteiger partial charge in [0.2, 0.25) is 15.9 Å². The number of carbonyl (C=O) groups is 1. The predicted molar refractivity (Wildman–Crippen MR) is 105 cm³/mol. The predicted octanol–water partition coefficient (Wildman–Crippen LogP) is 1.91. The molecule has 3 rings (SSSR count). The molecule has 1 aliphatic heterocycles. The Balaban J connectivity index is 1.53. The zero-order chi connectivity index (χ0) is 20.0. The van der Waals surface area contributed by atoms with E-state index in [1.165, 1.54) is 4.31 Å². The first-order chi connectivity index (χ1) is 13.5. The average Bonchev–Trinajstić information content (AvgIpc) is 2.74. The average molecular weight is 404 g/mol. The van der Waals surface area contributed by atoms with Crippen LogP contribution in [0.1, 0.15) is 30.6 Å². The first kappa shape index (κ1) is 20.4. The molecule has 0 aliphatic carbocycles. The van der Waals surface area contributed by atoms with Crippen LogP contribution in [0, 0.1) is 0 Å². The highest BCUT2D eigenvalue weighted by Gasteiger charge is 2.26. The fourth-order valence-corrected chi connectivity index (χ4v) is 4.45. The van der Waals surface area contributed by atoms with E-state index in [-0.39, 0.29) is 16.8 Å². The highest BCUT2D eigenvalue weighted by atomic mass is 32.2. The summed E-state index contributed by atoms with van der Waals surface area (Å²) in [4.78, 5) is 16.7. The number of morpholine rings is 1. The molecule has 1 saturated heterocycles. The van der Waals surface area contributed by atoms with Gasteiger partial charge < -0.3 is 10.1 Å². The Bertz CT molecular complexity index is 879. The molecule has 1 amide bonds. The first-order valence-corrected chi connectivity index (χ1v) is 10.8. The topological polar surface area (TPSA) is 88.6 Å². The second-order valence-electron chi connectivity index (χ2n) is 6.70. The molecule has 0 spiro atoms. The molecule has 28 heavy (non-hydrogen) atoms. The van der Waals surface area contributed by atoms with E-state index >= 15 is 0 Å². The number of ether oxygens (including phenoxy) is 1. The number of nitrogens with one attached hydrogen (secondary N) is 1. The van der Waals surface area contributed by atoms with Crippen molar-refractivity contribution in [3.05, 3.63) is 59.9 Å². The van der Waals surface area contributed by atoms with Gasteiger partial charge in [-0.15, -0.1) is 0 Å². The van der Waals surface area contributed by atoms with Gasteiger partial charge in [-0.1, -0.05) is 18.2 Å². The lowest BCUT2D eigenvalue weighted by Gasteiger charge is -2.26. The van der Waals surface area contributed by atoms with Gasteiger partial charge in [-0.3, -0.25) is 9.78 Å². The molecular weight excluding hydrogens is 378 g/mol. The van der Waals surface area contributed by atoms with Crippen LogP contribution in [-0.4, -0.2) is 49.9 Å². The number of rotatable bonds is 7. The quantitative estimate of drug-likeness (QED) is 0.763. The van der Waals surface area contributed by atoms with Crippen LogP contribution < -0.4 is 5.32 Å². The van der Waals surface area contributed by atoms with E-state index in [1.54, 1.807) is 30.5 Å². The molecule has 150 valence electrons. The molecular formula is C20H25N3O4S. The van der Waals surface area contributed by atoms with E-state index < -0.39 is 10.0 Å². The zero-order valence-corrected chi connectivity index (χ0v) is 16.7. The van der Waals surface area contributed by atoms with Gasteiger partial charge in [-0.2, -0.15) is 4.31 Å². The van der Waals surface area contributed by atoms with Gasteiger partial charge in [0.05, 0.1) is 29.8 Å². The summed E-state index contributed by atoms with van der Waals surface area (Å²) >= 11 is 0. The summed E-state index contributed by atoms with van der Waals surface area (Å²) < 4.78 is 31.9. The third kappa shape index (κ3) is 5.15. The van der Waals surface area contributed by atoms with Crippen molar-refractivity contribution >= 4 is 15.9 Å². The van der Waals surface area contributed by atoms with Crippen molar-refractivity contribution in [3.8, 4) is 0 Å². The van der Waals surface area contributed by atoms with Crippen molar-refractivity contribution in [2.24, 2.45) is 0 Å². The largest absolute Gasteiger partial charge is 0.379 e. The minimum Gasteiger partial charge on any atom is -0.379 e. The summed E-state index contributed by atoms with van der Waals surface area (Å²) in [6.07, 6.45) is 2.57. The van der Waals surface area contributed by atoms with Crippen LogP contribution in [0.2, 0.25) is 0 Å². The fourth-order valence-electron chi connectivity index (χ4n) is 3.04. The molecule has 1 atom stereocenters. The summed E-state index contributed by atoms with van der Waals surface area (Å²) in [5.74, 6) is -0.0665. The summed E-state index contributed by atoms with van der Waals surface area (Å²) in [6.45, 7) is 3.48. The smallest absolute Gasteiger partial charge is 0.243 e. The lowest BCUT2D eigenvalue weighted by atomic mass is 10.1. The molecule has 0 radical (unpaired) electrons. The molecule has 0 unspecified atom stereocenters. The van der Waals surface area contributed by atoms with Crippen LogP contribution in [0.15, 0.2) is 53.6 Å². The summed E-state index contributed by atoms with van der Waals surface area (Å²) in [5.41, 5.74) is 1.73. The van der Waals surface area contributed by atoms with Crippen LogP contribution in [-0.2, 0) is 26.0 Å². The molecule has 7 nitrogen and oxygen atoms in total. The van der Waals surface area contributed by atoms with Crippen molar-refractivity contribution in [1.82, 2.24) is 14.6 Å². The van der Waals surface area contributed by atoms with E-state index in [2.05, 4.69) is 10.3 Å². The SMILES string of the molecule is C[C@@H](NC(=O)CCc1ccc(S(=O)(=O)N2CCOCC2)cc1)c1ccccn1. The van der Waals surface area contributed by atoms with Gasteiger partial charge >= 0.3 is 0 Å². The van der Waals surface area contributed by atoms with E-state index in [4.69, 9.17) is 4.74 Å². The Morgan fingerprint density at radius 3 is 2.54 bits per heavy atom. The minimum atomic E-state index is -3.49. The zero-order valence-electron chi connectivity index (χ0n) is 15.9. The van der Waals surface area contributed by atoms with Crippen LogP contribution >= 0.6 is 0 Å². The van der Waals surface area contributed by atoms with Crippen molar-refractivity contribution in [2.45, 2.75) is 30.7 Å². The molecule has 1 fully saturated rings. The Labute approximate surface area is 165 Å². The van der Waals surface area contributed by atoms with Crippen molar-refractivity contribution in [1.29, 1.82) is 0 Å². The van der Waals surface area contributed by atoms with Gasteiger partial charge in [0.25, 0.3) is 0 Å². The highest BCUT2D eigenvalue weighted by molar-refractivity contribution is 7.89. The number of amides is 1. The lowest BCUT2D eigenvalue weighted by molar-refractivity contribution is -0.121. The number of aromatic nitrogens is 1. The van der Waals surface area contributed by atoms with Crippen LogP contribution in [0.3, 0.4) is 0 Å². The third-order valence-electron chi connectivity index (χ3n) is 4.68. The van der Waals surface area contributed by atoms with Gasteiger partial charge in [0, 0.05) is 25.7 Å². The van der Waals surface area contributed by atoms with Crippen LogP contribution in [0.5, 0.6) is 0 Å². The fraction of sp³-hybridized carbons (Fsp3) is 0.400. The van der Waals surface area contributed by atoms with Gasteiger partial charge in [0.1, 0.15) is 0 Å². The molecule has 2 heterocycles. The maximum atomic E-state index is 12.6. The number of sulfonamides is 1. The van der Waals surface area contributed by atoms with Crippen LogP contribution in [0.25, 0.3) is 0 Å². The summed E-state index contributed by atoms with van der Waals surface area (Å²) in [5, 5.41) is 2.93. The first-order valence-electron chi connectivity index (χ1n) is 9.34. The third-order valence-corrected chi connectivity index (χ3v) is 6.59. The molecule has 2 aromatic rings. The Morgan fingerprint density at radius 2 is 1.89 bits per heavy atom. The molecule has 0 bridgehead atoms. The van der Waals surface area contributed by atoms with Gasteiger partial charge in [-0.25, -0.2) is 8.42 Å².